The topological polar surface area (TPSA) is 47.9 Å². The third-order valence-corrected chi connectivity index (χ3v) is 2.23. The van der Waals surface area contributed by atoms with Gasteiger partial charge in [-0.25, -0.2) is 0 Å². The van der Waals surface area contributed by atoms with Crippen molar-refractivity contribution in [2.75, 3.05) is 26.4 Å². The normalized spacial score (nSPS) is 16.8. The van der Waals surface area contributed by atoms with Crippen LogP contribution in [-0.2, 0) is 14.2 Å². The molecule has 4 heteroatoms. The second-order valence-electron chi connectivity index (χ2n) is 4.57. The van der Waals surface area contributed by atoms with E-state index in [0.29, 0.717) is 19.8 Å². The maximum atomic E-state index is 9.05. The molecule has 0 amide bonds. The summed E-state index contributed by atoms with van der Waals surface area (Å²) in [6.45, 7) is 10.1. The highest BCUT2D eigenvalue weighted by Gasteiger charge is 2.07. The lowest BCUT2D eigenvalue weighted by atomic mass is 10.3. The molecule has 0 aliphatic rings. The van der Waals surface area contributed by atoms with Crippen LogP contribution >= 0.6 is 0 Å². The summed E-state index contributed by atoms with van der Waals surface area (Å²) in [4.78, 5) is 0. The number of unbranched alkanes of at least 4 members (excludes halogenated alkanes) is 1. The lowest BCUT2D eigenvalue weighted by molar-refractivity contribution is -0.0607. The van der Waals surface area contributed by atoms with Crippen LogP contribution in [0.2, 0.25) is 0 Å². The zero-order valence-electron chi connectivity index (χ0n) is 11.6. The van der Waals surface area contributed by atoms with Crippen LogP contribution in [0.1, 0.15) is 40.5 Å². The van der Waals surface area contributed by atoms with E-state index >= 15 is 0 Å². The van der Waals surface area contributed by atoms with Crippen LogP contribution in [0.3, 0.4) is 0 Å². The Morgan fingerprint density at radius 1 is 0.941 bits per heavy atom. The molecule has 0 aromatic rings. The predicted octanol–water partition coefficient (Wildman–Crippen LogP) is 1.99. The van der Waals surface area contributed by atoms with Crippen LogP contribution in [0.5, 0.6) is 0 Å². The molecule has 17 heavy (non-hydrogen) atoms. The van der Waals surface area contributed by atoms with Crippen LogP contribution in [0.4, 0.5) is 0 Å². The number of rotatable bonds is 11. The van der Waals surface area contributed by atoms with Gasteiger partial charge < -0.3 is 19.3 Å². The van der Waals surface area contributed by atoms with Crippen LogP contribution in [-0.4, -0.2) is 49.8 Å². The van der Waals surface area contributed by atoms with Gasteiger partial charge in [0.1, 0.15) is 0 Å². The molecule has 0 saturated carbocycles. The van der Waals surface area contributed by atoms with E-state index in [-0.39, 0.29) is 12.2 Å². The highest BCUT2D eigenvalue weighted by molar-refractivity contribution is 4.53. The molecule has 1 N–H and O–H groups in total. The zero-order valence-corrected chi connectivity index (χ0v) is 11.6. The first kappa shape index (κ1) is 16.8. The van der Waals surface area contributed by atoms with Gasteiger partial charge in [0.25, 0.3) is 0 Å². The minimum atomic E-state index is -0.422. The quantitative estimate of drug-likeness (QED) is 0.568. The Hall–Kier alpha value is -0.160. The molecule has 104 valence electrons. The minimum absolute atomic E-state index is 0.00689. The van der Waals surface area contributed by atoms with Gasteiger partial charge in [-0.15, -0.1) is 0 Å². The Balaban J connectivity index is 3.35. The standard InChI is InChI=1S/C13H28O4/c1-5-6-7-16-12(3)9-15-10-13(4)17-8-11(2)14/h11-14H,5-10H2,1-4H3/t11-,12-,13+/m0/s1. The summed E-state index contributed by atoms with van der Waals surface area (Å²) >= 11 is 0. The predicted molar refractivity (Wildman–Crippen MR) is 68.2 cm³/mol. The minimum Gasteiger partial charge on any atom is -0.391 e. The molecule has 0 saturated heterocycles. The fourth-order valence-corrected chi connectivity index (χ4v) is 1.23. The maximum absolute atomic E-state index is 9.05. The summed E-state index contributed by atoms with van der Waals surface area (Å²) in [5, 5.41) is 9.05. The van der Waals surface area contributed by atoms with Gasteiger partial charge in [0.05, 0.1) is 38.1 Å². The molecular formula is C13H28O4. The van der Waals surface area contributed by atoms with E-state index in [1.165, 1.54) is 0 Å². The summed E-state index contributed by atoms with van der Waals surface area (Å²) in [5.74, 6) is 0. The summed E-state index contributed by atoms with van der Waals surface area (Å²) in [6.07, 6.45) is 1.96. The molecule has 0 aliphatic carbocycles. The number of aliphatic hydroxyl groups is 1. The molecule has 0 aromatic carbocycles. The zero-order chi connectivity index (χ0) is 13.1. The van der Waals surface area contributed by atoms with Gasteiger partial charge in [-0.1, -0.05) is 13.3 Å². The summed E-state index contributed by atoms with van der Waals surface area (Å²) in [7, 11) is 0. The van der Waals surface area contributed by atoms with Crippen LogP contribution in [0.25, 0.3) is 0 Å². The van der Waals surface area contributed by atoms with Crippen molar-refractivity contribution in [3.63, 3.8) is 0 Å². The van der Waals surface area contributed by atoms with Crippen molar-refractivity contribution in [1.82, 2.24) is 0 Å². The van der Waals surface area contributed by atoms with Gasteiger partial charge >= 0.3 is 0 Å². The maximum Gasteiger partial charge on any atom is 0.0781 e. The molecule has 0 bridgehead atoms. The van der Waals surface area contributed by atoms with Crippen LogP contribution < -0.4 is 0 Å². The Kier molecular flexibility index (Phi) is 10.9. The first-order chi connectivity index (χ1) is 8.06. The first-order valence-electron chi connectivity index (χ1n) is 6.55. The van der Waals surface area contributed by atoms with E-state index in [1.807, 2.05) is 13.8 Å². The Bertz CT molecular complexity index is 161. The van der Waals surface area contributed by atoms with E-state index < -0.39 is 6.10 Å². The number of hydrogen-bond acceptors (Lipinski definition) is 4. The largest absolute Gasteiger partial charge is 0.391 e. The number of ether oxygens (including phenoxy) is 3. The van der Waals surface area contributed by atoms with Gasteiger partial charge in [-0.05, 0) is 27.2 Å². The highest BCUT2D eigenvalue weighted by Crippen LogP contribution is 1.99. The molecule has 0 heterocycles. The van der Waals surface area contributed by atoms with E-state index in [2.05, 4.69) is 6.92 Å². The molecular weight excluding hydrogens is 220 g/mol. The molecule has 4 nitrogen and oxygen atoms in total. The Morgan fingerprint density at radius 2 is 1.53 bits per heavy atom. The smallest absolute Gasteiger partial charge is 0.0781 e. The molecule has 0 radical (unpaired) electrons. The third-order valence-electron chi connectivity index (χ3n) is 2.23. The summed E-state index contributed by atoms with van der Waals surface area (Å²) < 4.78 is 16.4. The molecule has 0 unspecified atom stereocenters. The average molecular weight is 248 g/mol. The fraction of sp³-hybridized carbons (Fsp3) is 1.00. The molecule has 0 fully saturated rings. The van der Waals surface area contributed by atoms with Crippen molar-refractivity contribution in [3.05, 3.63) is 0 Å². The van der Waals surface area contributed by atoms with Crippen molar-refractivity contribution in [3.8, 4) is 0 Å². The molecule has 0 aliphatic heterocycles. The van der Waals surface area contributed by atoms with Crippen LogP contribution in [0, 0.1) is 0 Å². The van der Waals surface area contributed by atoms with E-state index in [9.17, 15) is 0 Å². The number of hydrogen-bond donors (Lipinski definition) is 1. The van der Waals surface area contributed by atoms with Crippen molar-refractivity contribution in [2.24, 2.45) is 0 Å². The third kappa shape index (κ3) is 12.1. The van der Waals surface area contributed by atoms with Crippen LogP contribution in [0.15, 0.2) is 0 Å². The average Bonchev–Trinajstić information content (AvgIpc) is 2.27. The van der Waals surface area contributed by atoms with Gasteiger partial charge in [0.2, 0.25) is 0 Å². The van der Waals surface area contributed by atoms with Gasteiger partial charge in [-0.2, -0.15) is 0 Å². The van der Waals surface area contributed by atoms with Crippen molar-refractivity contribution >= 4 is 0 Å². The molecule has 3 atom stereocenters. The van der Waals surface area contributed by atoms with Crippen molar-refractivity contribution < 1.29 is 19.3 Å². The molecule has 0 rings (SSSR count). The van der Waals surface area contributed by atoms with E-state index in [4.69, 9.17) is 19.3 Å². The SMILES string of the molecule is CCCCO[C@@H](C)COC[C@@H](C)OC[C@H](C)O. The fourth-order valence-electron chi connectivity index (χ4n) is 1.23. The summed E-state index contributed by atoms with van der Waals surface area (Å²) in [5.41, 5.74) is 0. The molecule has 0 aromatic heterocycles. The molecule has 0 spiro atoms. The second-order valence-corrected chi connectivity index (χ2v) is 4.57. The monoisotopic (exact) mass is 248 g/mol. The first-order valence-corrected chi connectivity index (χ1v) is 6.55. The summed E-state index contributed by atoms with van der Waals surface area (Å²) in [6, 6.07) is 0. The lowest BCUT2D eigenvalue weighted by Crippen LogP contribution is -2.24. The van der Waals surface area contributed by atoms with Crippen molar-refractivity contribution in [1.29, 1.82) is 0 Å². The van der Waals surface area contributed by atoms with Gasteiger partial charge in [0, 0.05) is 6.61 Å². The highest BCUT2D eigenvalue weighted by atomic mass is 16.6. The Morgan fingerprint density at radius 3 is 2.06 bits per heavy atom. The van der Waals surface area contributed by atoms with Gasteiger partial charge in [0.15, 0.2) is 0 Å². The van der Waals surface area contributed by atoms with E-state index in [0.717, 1.165) is 19.4 Å². The second kappa shape index (κ2) is 11.0. The number of aliphatic hydroxyl groups excluding tert-OH is 1. The van der Waals surface area contributed by atoms with Crippen molar-refractivity contribution in [2.45, 2.75) is 58.8 Å². The lowest BCUT2D eigenvalue weighted by Gasteiger charge is -2.17. The van der Waals surface area contributed by atoms with E-state index in [1.54, 1.807) is 6.92 Å². The van der Waals surface area contributed by atoms with Gasteiger partial charge in [-0.3, -0.25) is 0 Å². The Labute approximate surface area is 105 Å².